The van der Waals surface area contributed by atoms with Crippen LogP contribution in [0, 0.1) is 27.7 Å². The summed E-state index contributed by atoms with van der Waals surface area (Å²) in [5.74, 6) is 2.64. The molecule has 0 saturated heterocycles. The van der Waals surface area contributed by atoms with E-state index in [1.54, 1.807) is 11.8 Å². The minimum Gasteiger partial charge on any atom is -0.493 e. The van der Waals surface area contributed by atoms with Crippen molar-refractivity contribution >= 4 is 35.3 Å². The first-order valence-electron chi connectivity index (χ1n) is 14.3. The summed E-state index contributed by atoms with van der Waals surface area (Å²) >= 11 is 1.82. The fourth-order valence-corrected chi connectivity index (χ4v) is 6.58. The number of aryl methyl sites for hydroxylation is 4. The lowest BCUT2D eigenvalue weighted by Gasteiger charge is -2.16. The van der Waals surface area contributed by atoms with Crippen molar-refractivity contribution in [1.82, 2.24) is 0 Å². The standard InChI is InChI=1S/C31H42F6O2S3/c1-22-17-23(2)27(38-13-9-5-7-11-15-41-30(32,33)34)19-26(22)21-40-29-20-28(24(3)18-25(29)4)39-14-10-6-8-12-16-42-31(35,36)37/h17-20H,5-16,21H2,1-4H3. The summed E-state index contributed by atoms with van der Waals surface area (Å²) in [7, 11) is 0. The molecule has 0 heterocycles. The average molecular weight is 657 g/mol. The second kappa shape index (κ2) is 18.5. The zero-order valence-corrected chi connectivity index (χ0v) is 27.3. The Morgan fingerprint density at radius 1 is 0.548 bits per heavy atom. The lowest BCUT2D eigenvalue weighted by atomic mass is 10.1. The number of halogens is 6. The molecule has 0 bridgehead atoms. The van der Waals surface area contributed by atoms with Crippen molar-refractivity contribution in [2.24, 2.45) is 0 Å². The lowest BCUT2D eigenvalue weighted by Crippen LogP contribution is -2.02. The van der Waals surface area contributed by atoms with Gasteiger partial charge < -0.3 is 9.47 Å². The molecular formula is C31H42F6O2S3. The molecule has 0 saturated carbocycles. The van der Waals surface area contributed by atoms with Crippen molar-refractivity contribution in [3.05, 3.63) is 52.1 Å². The molecule has 2 rings (SSSR count). The van der Waals surface area contributed by atoms with Gasteiger partial charge in [-0.05, 0) is 93.3 Å². The first-order chi connectivity index (χ1) is 19.7. The normalized spacial score (nSPS) is 12.1. The Balaban J connectivity index is 1.81. The van der Waals surface area contributed by atoms with Crippen LogP contribution in [0.1, 0.15) is 79.2 Å². The highest BCUT2D eigenvalue weighted by molar-refractivity contribution is 8.00. The van der Waals surface area contributed by atoms with Crippen LogP contribution in [0.25, 0.3) is 0 Å². The Morgan fingerprint density at radius 3 is 1.50 bits per heavy atom. The van der Waals surface area contributed by atoms with Gasteiger partial charge in [-0.3, -0.25) is 0 Å². The predicted octanol–water partition coefficient (Wildman–Crippen LogP) is 11.6. The molecule has 0 unspecified atom stereocenters. The van der Waals surface area contributed by atoms with Crippen LogP contribution in [0.5, 0.6) is 11.5 Å². The Labute approximate surface area is 259 Å². The summed E-state index contributed by atoms with van der Waals surface area (Å²) in [5.41, 5.74) is -2.65. The number of hydrogen-bond donors (Lipinski definition) is 0. The van der Waals surface area contributed by atoms with Gasteiger partial charge in [0.25, 0.3) is 0 Å². The van der Waals surface area contributed by atoms with Crippen LogP contribution < -0.4 is 9.47 Å². The minimum absolute atomic E-state index is 0.0439. The molecule has 0 aliphatic carbocycles. The number of rotatable bonds is 19. The predicted molar refractivity (Wildman–Crippen MR) is 166 cm³/mol. The van der Waals surface area contributed by atoms with Crippen LogP contribution in [-0.2, 0) is 5.75 Å². The highest BCUT2D eigenvalue weighted by Crippen LogP contribution is 2.35. The zero-order chi connectivity index (χ0) is 31.2. The zero-order valence-electron chi connectivity index (χ0n) is 24.8. The van der Waals surface area contributed by atoms with Crippen molar-refractivity contribution in [3.8, 4) is 11.5 Å². The third-order valence-corrected chi connectivity index (χ3v) is 9.46. The lowest BCUT2D eigenvalue weighted by molar-refractivity contribution is -0.0336. The minimum atomic E-state index is -4.15. The molecule has 0 aliphatic rings. The Hall–Kier alpha value is -1.33. The molecule has 2 aromatic rings. The maximum Gasteiger partial charge on any atom is 0.441 e. The Kier molecular flexibility index (Phi) is 16.2. The molecule has 0 aliphatic heterocycles. The smallest absolute Gasteiger partial charge is 0.441 e. The molecule has 0 spiro atoms. The van der Waals surface area contributed by atoms with E-state index in [-0.39, 0.29) is 35.0 Å². The van der Waals surface area contributed by atoms with Crippen LogP contribution in [0.15, 0.2) is 29.2 Å². The van der Waals surface area contributed by atoms with E-state index < -0.39 is 11.0 Å². The number of thioether (sulfide) groups is 3. The SMILES string of the molecule is Cc1cc(C)c(OCCCCCCSC(F)(F)F)cc1CSc1cc(OCCCCCCSC(F)(F)F)c(C)cc1C. The van der Waals surface area contributed by atoms with E-state index in [0.29, 0.717) is 26.1 Å². The van der Waals surface area contributed by atoms with Crippen molar-refractivity contribution in [2.45, 2.75) is 101 Å². The fourth-order valence-electron chi connectivity index (χ4n) is 4.32. The molecule has 11 heteroatoms. The van der Waals surface area contributed by atoms with E-state index in [1.165, 1.54) is 16.7 Å². The Bertz CT molecular complexity index is 1000. The van der Waals surface area contributed by atoms with Crippen LogP contribution in [0.3, 0.4) is 0 Å². The van der Waals surface area contributed by atoms with E-state index in [4.69, 9.17) is 9.47 Å². The first-order valence-corrected chi connectivity index (χ1v) is 17.2. The monoisotopic (exact) mass is 656 g/mol. The van der Waals surface area contributed by atoms with E-state index in [2.05, 4.69) is 38.1 Å². The topological polar surface area (TPSA) is 18.5 Å². The van der Waals surface area contributed by atoms with Gasteiger partial charge in [-0.25, -0.2) is 0 Å². The van der Waals surface area contributed by atoms with E-state index in [0.717, 1.165) is 71.8 Å². The molecule has 0 atom stereocenters. The molecule has 2 nitrogen and oxygen atoms in total. The molecule has 42 heavy (non-hydrogen) atoms. The van der Waals surface area contributed by atoms with E-state index >= 15 is 0 Å². The van der Waals surface area contributed by atoms with Gasteiger partial charge in [-0.2, -0.15) is 26.3 Å². The summed E-state index contributed by atoms with van der Waals surface area (Å²) in [6.07, 6.45) is 5.89. The van der Waals surface area contributed by atoms with Crippen LogP contribution in [0.2, 0.25) is 0 Å². The van der Waals surface area contributed by atoms with Crippen molar-refractivity contribution in [1.29, 1.82) is 0 Å². The largest absolute Gasteiger partial charge is 0.493 e. The van der Waals surface area contributed by atoms with Gasteiger partial charge in [0.05, 0.1) is 13.2 Å². The summed E-state index contributed by atoms with van der Waals surface area (Å²) in [4.78, 5) is 1.13. The number of benzene rings is 2. The maximum atomic E-state index is 12.2. The molecule has 238 valence electrons. The molecule has 0 fully saturated rings. The summed E-state index contributed by atoms with van der Waals surface area (Å²) in [6.45, 7) is 9.27. The van der Waals surface area contributed by atoms with Gasteiger partial charge >= 0.3 is 11.0 Å². The van der Waals surface area contributed by atoms with Gasteiger partial charge in [0.1, 0.15) is 11.5 Å². The summed E-state index contributed by atoms with van der Waals surface area (Å²) in [5, 5.41) is 0. The molecular weight excluding hydrogens is 615 g/mol. The number of hydrogen-bond acceptors (Lipinski definition) is 5. The van der Waals surface area contributed by atoms with Gasteiger partial charge in [-0.1, -0.05) is 61.3 Å². The van der Waals surface area contributed by atoms with Gasteiger partial charge in [0.15, 0.2) is 0 Å². The number of unbranched alkanes of at least 4 members (excludes halogenated alkanes) is 6. The summed E-state index contributed by atoms with van der Waals surface area (Å²) < 4.78 is 85.3. The first kappa shape index (κ1) is 36.9. The third-order valence-electron chi connectivity index (χ3n) is 6.61. The number of ether oxygens (including phenoxy) is 2. The van der Waals surface area contributed by atoms with Crippen LogP contribution in [-0.4, -0.2) is 35.7 Å². The Morgan fingerprint density at radius 2 is 1.00 bits per heavy atom. The fraction of sp³-hybridized carbons (Fsp3) is 0.613. The van der Waals surface area contributed by atoms with Crippen molar-refractivity contribution < 1.29 is 35.8 Å². The van der Waals surface area contributed by atoms with Crippen molar-refractivity contribution in [2.75, 3.05) is 24.7 Å². The molecule has 0 N–H and O–H groups in total. The maximum absolute atomic E-state index is 12.2. The molecule has 0 radical (unpaired) electrons. The molecule has 0 aromatic heterocycles. The van der Waals surface area contributed by atoms with Crippen LogP contribution >= 0.6 is 35.3 Å². The highest BCUT2D eigenvalue weighted by Gasteiger charge is 2.27. The third kappa shape index (κ3) is 15.4. The molecule has 0 amide bonds. The second-order valence-electron chi connectivity index (χ2n) is 10.3. The van der Waals surface area contributed by atoms with E-state index in [1.807, 2.05) is 13.8 Å². The van der Waals surface area contributed by atoms with Gasteiger partial charge in [0.2, 0.25) is 0 Å². The van der Waals surface area contributed by atoms with Gasteiger partial charge in [-0.15, -0.1) is 11.8 Å². The second-order valence-corrected chi connectivity index (χ2v) is 13.7. The number of alkyl halides is 6. The summed E-state index contributed by atoms with van der Waals surface area (Å²) in [6, 6.07) is 8.40. The van der Waals surface area contributed by atoms with Crippen LogP contribution in [0.4, 0.5) is 26.3 Å². The quantitative estimate of drug-likeness (QED) is 0.0848. The van der Waals surface area contributed by atoms with Crippen molar-refractivity contribution in [3.63, 3.8) is 0 Å². The average Bonchev–Trinajstić information content (AvgIpc) is 2.88. The molecule has 2 aromatic carbocycles. The highest BCUT2D eigenvalue weighted by atomic mass is 32.2. The van der Waals surface area contributed by atoms with E-state index in [9.17, 15) is 26.3 Å². The van der Waals surface area contributed by atoms with Gasteiger partial charge in [0, 0.05) is 22.2 Å².